The van der Waals surface area contributed by atoms with Crippen molar-refractivity contribution in [3.63, 3.8) is 0 Å². The van der Waals surface area contributed by atoms with E-state index < -0.39 is 24.2 Å². The van der Waals surface area contributed by atoms with Crippen LogP contribution in [0.1, 0.15) is 24.5 Å². The fourth-order valence-electron chi connectivity index (χ4n) is 3.28. The molecule has 1 saturated carbocycles. The molecule has 2 aromatic heterocycles. The Morgan fingerprint density at radius 1 is 1.23 bits per heavy atom. The fraction of sp³-hybridized carbons (Fsp3) is 0.476. The highest BCUT2D eigenvalue weighted by atomic mass is 35.5. The van der Waals surface area contributed by atoms with Gasteiger partial charge in [-0.15, -0.1) is 0 Å². The van der Waals surface area contributed by atoms with Gasteiger partial charge in [-0.3, -0.25) is 0 Å². The van der Waals surface area contributed by atoms with Crippen LogP contribution in [0.3, 0.4) is 0 Å². The first-order valence-corrected chi connectivity index (χ1v) is 10.3. The summed E-state index contributed by atoms with van der Waals surface area (Å²) < 4.78 is 5.33. The van der Waals surface area contributed by atoms with Crippen LogP contribution in [0.4, 0.5) is 11.8 Å². The predicted octanol–water partition coefficient (Wildman–Crippen LogP) is 0.904. The second-order valence-corrected chi connectivity index (χ2v) is 7.77. The smallest absolute Gasteiger partial charge is 0.228 e. The summed E-state index contributed by atoms with van der Waals surface area (Å²) >= 11 is 6.41. The lowest BCUT2D eigenvalue weighted by Crippen LogP contribution is -2.36. The zero-order valence-electron chi connectivity index (χ0n) is 17.6. The number of anilines is 2. The molecular weight excluding hydrogens is 422 g/mol. The largest absolute Gasteiger partial charge is 0.478 e. The molecule has 31 heavy (non-hydrogen) atoms. The van der Waals surface area contributed by atoms with Gasteiger partial charge in [-0.25, -0.2) is 4.98 Å². The number of ether oxygens (including phenoxy) is 1. The van der Waals surface area contributed by atoms with Gasteiger partial charge in [0.15, 0.2) is 5.15 Å². The number of halogens is 1. The first kappa shape index (κ1) is 23.0. The van der Waals surface area contributed by atoms with E-state index in [9.17, 15) is 15.3 Å². The second kappa shape index (κ2) is 10.1. The molecule has 0 aromatic carbocycles. The molecule has 166 valence electrons. The van der Waals surface area contributed by atoms with E-state index >= 15 is 0 Å². The third-order valence-electron chi connectivity index (χ3n) is 4.97. The number of aliphatic hydroxyl groups excluding tert-OH is 3. The minimum Gasteiger partial charge on any atom is -0.478 e. The molecule has 2 aromatic rings. The highest BCUT2D eigenvalue weighted by molar-refractivity contribution is 6.31. The summed E-state index contributed by atoms with van der Waals surface area (Å²) in [6.45, 7) is 2.19. The topological polar surface area (TPSA) is 124 Å². The molecule has 4 atom stereocenters. The molecule has 0 unspecified atom stereocenters. The molecule has 10 heteroatoms. The van der Waals surface area contributed by atoms with Gasteiger partial charge in [0.1, 0.15) is 17.5 Å². The first-order valence-electron chi connectivity index (χ1n) is 9.93. The van der Waals surface area contributed by atoms with E-state index in [0.29, 0.717) is 41.8 Å². The molecule has 9 nitrogen and oxygen atoms in total. The van der Waals surface area contributed by atoms with Gasteiger partial charge < -0.3 is 30.3 Å². The van der Waals surface area contributed by atoms with Crippen molar-refractivity contribution >= 4 is 23.4 Å². The van der Waals surface area contributed by atoms with Crippen LogP contribution in [0.25, 0.3) is 0 Å². The Kier molecular flexibility index (Phi) is 7.51. The molecule has 1 fully saturated rings. The van der Waals surface area contributed by atoms with Gasteiger partial charge in [-0.1, -0.05) is 23.4 Å². The number of aromatic nitrogens is 3. The van der Waals surface area contributed by atoms with Crippen LogP contribution in [-0.2, 0) is 0 Å². The third kappa shape index (κ3) is 5.35. The summed E-state index contributed by atoms with van der Waals surface area (Å²) in [4.78, 5) is 14.6. The van der Waals surface area contributed by atoms with Crippen molar-refractivity contribution in [1.29, 1.82) is 0 Å². The van der Waals surface area contributed by atoms with E-state index in [2.05, 4.69) is 32.1 Å². The highest BCUT2D eigenvalue weighted by Crippen LogP contribution is 2.31. The monoisotopic (exact) mass is 447 g/mol. The minimum atomic E-state index is -1.06. The molecular formula is C21H26ClN5O4. The maximum Gasteiger partial charge on any atom is 0.228 e. The quantitative estimate of drug-likeness (QED) is 0.377. The number of aliphatic hydroxyl groups is 3. The molecule has 0 amide bonds. The van der Waals surface area contributed by atoms with Gasteiger partial charge in [0.25, 0.3) is 0 Å². The third-order valence-corrected chi connectivity index (χ3v) is 5.25. The van der Waals surface area contributed by atoms with Gasteiger partial charge in [-0.2, -0.15) is 9.97 Å². The maximum absolute atomic E-state index is 10.4. The molecule has 0 spiro atoms. The highest BCUT2D eigenvalue weighted by Gasteiger charge is 2.41. The van der Waals surface area contributed by atoms with Crippen molar-refractivity contribution in [3.05, 3.63) is 34.6 Å². The summed E-state index contributed by atoms with van der Waals surface area (Å²) in [6.07, 6.45) is -0.132. The molecule has 0 radical (unpaired) electrons. The Hall–Kier alpha value is -2.64. The van der Waals surface area contributed by atoms with Crippen LogP contribution in [0.15, 0.2) is 18.3 Å². The zero-order chi connectivity index (χ0) is 22.5. The Morgan fingerprint density at radius 3 is 2.58 bits per heavy atom. The molecule has 0 bridgehead atoms. The van der Waals surface area contributed by atoms with Crippen molar-refractivity contribution in [1.82, 2.24) is 15.0 Å². The van der Waals surface area contributed by atoms with E-state index in [1.165, 1.54) is 0 Å². The summed E-state index contributed by atoms with van der Waals surface area (Å²) in [5.74, 6) is 6.76. The van der Waals surface area contributed by atoms with Crippen molar-refractivity contribution < 1.29 is 20.1 Å². The van der Waals surface area contributed by atoms with E-state index in [-0.39, 0.29) is 11.8 Å². The molecule has 0 aliphatic heterocycles. The normalized spacial score (nSPS) is 22.5. The summed E-state index contributed by atoms with van der Waals surface area (Å²) in [7, 11) is 3.56. The van der Waals surface area contributed by atoms with Crippen LogP contribution >= 0.6 is 11.6 Å². The average molecular weight is 448 g/mol. The van der Waals surface area contributed by atoms with E-state index in [1.807, 2.05) is 6.92 Å². The van der Waals surface area contributed by atoms with Crippen molar-refractivity contribution in [2.24, 2.45) is 5.92 Å². The van der Waals surface area contributed by atoms with E-state index in [1.54, 1.807) is 37.3 Å². The number of pyridine rings is 1. The Bertz CT molecular complexity index is 961. The van der Waals surface area contributed by atoms with Crippen LogP contribution in [0.5, 0.6) is 5.88 Å². The summed E-state index contributed by atoms with van der Waals surface area (Å²) in [6, 6.07) is 2.98. The van der Waals surface area contributed by atoms with Crippen LogP contribution in [0, 0.1) is 17.8 Å². The standard InChI is InChI=1S/C21H26ClN5O4/c1-4-31-16-8-6-12(10-23-16)5-7-14-19(22)25-21(27(2)3)26-20(14)24-15-9-13(11-28)17(29)18(15)30/h6,8,10,13,15,17-18,28-30H,4,9,11H2,1-3H3,(H,24,25,26)/t13-,15-,17-,18+/m1/s1. The van der Waals surface area contributed by atoms with Crippen LogP contribution in [-0.4, -0.2) is 75.8 Å². The summed E-state index contributed by atoms with van der Waals surface area (Å²) in [5, 5.41) is 33.2. The molecule has 0 saturated heterocycles. The number of hydrogen-bond acceptors (Lipinski definition) is 9. The van der Waals surface area contributed by atoms with Crippen LogP contribution < -0.4 is 15.0 Å². The maximum atomic E-state index is 10.4. The second-order valence-electron chi connectivity index (χ2n) is 7.41. The number of nitrogens with zero attached hydrogens (tertiary/aromatic N) is 4. The van der Waals surface area contributed by atoms with Crippen molar-refractivity contribution in [3.8, 4) is 17.7 Å². The van der Waals surface area contributed by atoms with Gasteiger partial charge in [-0.05, 0) is 19.4 Å². The fourth-order valence-corrected chi connectivity index (χ4v) is 3.50. The molecule has 4 N–H and O–H groups in total. The molecule has 3 rings (SSSR count). The van der Waals surface area contributed by atoms with Gasteiger partial charge in [0.05, 0.1) is 18.8 Å². The SMILES string of the molecule is CCOc1ccc(C#Cc2c(Cl)nc(N(C)C)nc2N[C@@H]2C[C@H](CO)[C@@H](O)[C@H]2O)cn1. The lowest BCUT2D eigenvalue weighted by Gasteiger charge is -2.21. The lowest BCUT2D eigenvalue weighted by atomic mass is 10.1. The zero-order valence-corrected chi connectivity index (χ0v) is 18.3. The Balaban J connectivity index is 1.93. The first-order chi connectivity index (χ1) is 14.8. The Labute approximate surface area is 186 Å². The summed E-state index contributed by atoms with van der Waals surface area (Å²) in [5.41, 5.74) is 1.01. The van der Waals surface area contributed by atoms with E-state index in [4.69, 9.17) is 16.3 Å². The number of rotatable bonds is 6. The van der Waals surface area contributed by atoms with Crippen LogP contribution in [0.2, 0.25) is 5.15 Å². The average Bonchev–Trinajstić information content (AvgIpc) is 3.02. The molecule has 1 aliphatic rings. The lowest BCUT2D eigenvalue weighted by molar-refractivity contribution is 0.00445. The van der Waals surface area contributed by atoms with Crippen molar-refractivity contribution in [2.75, 3.05) is 37.5 Å². The minimum absolute atomic E-state index is 0.152. The van der Waals surface area contributed by atoms with Crippen molar-refractivity contribution in [2.45, 2.75) is 31.6 Å². The number of nitrogens with one attached hydrogen (secondary N) is 1. The Morgan fingerprint density at radius 2 is 2.00 bits per heavy atom. The molecule has 1 aliphatic carbocycles. The molecule has 2 heterocycles. The van der Waals surface area contributed by atoms with Gasteiger partial charge >= 0.3 is 0 Å². The van der Waals surface area contributed by atoms with E-state index in [0.717, 1.165) is 0 Å². The number of hydrogen-bond donors (Lipinski definition) is 4. The van der Waals surface area contributed by atoms with Gasteiger partial charge in [0, 0.05) is 44.4 Å². The van der Waals surface area contributed by atoms with Gasteiger partial charge in [0.2, 0.25) is 11.8 Å². The predicted molar refractivity (Wildman–Crippen MR) is 117 cm³/mol.